The lowest BCUT2D eigenvalue weighted by Crippen LogP contribution is -2.56. The Morgan fingerprint density at radius 3 is 2.56 bits per heavy atom. The zero-order chi connectivity index (χ0) is 18.5. The molecule has 3 heterocycles. The molecule has 5 rings (SSSR count). The number of hydrogen-bond donors (Lipinski definition) is 2. The molecule has 2 aliphatic heterocycles. The predicted octanol–water partition coefficient (Wildman–Crippen LogP) is -0.470. The second-order valence-electron chi connectivity index (χ2n) is 8.29. The number of carbonyl (C=O) groups is 2. The van der Waals surface area contributed by atoms with Gasteiger partial charge < -0.3 is 19.9 Å². The highest BCUT2D eigenvalue weighted by molar-refractivity contribution is 5.91. The number of amides is 2. The fraction of sp³-hybridized carbons (Fsp3) is 0.778. The standard InChI is InChI=1S/C18H26N6O3/c25-13-8-11(9-13)18(27)23-5-4-22-6-7-24-15(14(22)10-23)20-21-16(24)17(26)19-12-2-1-3-12/h11-14,25H,1-10H2,(H,19,26)/t11?,13?,14-/m0/s1. The molecule has 0 unspecified atom stereocenters. The number of aromatic nitrogens is 3. The van der Waals surface area contributed by atoms with E-state index >= 15 is 0 Å². The Hall–Kier alpha value is -2.00. The Morgan fingerprint density at radius 2 is 1.85 bits per heavy atom. The summed E-state index contributed by atoms with van der Waals surface area (Å²) in [5.74, 6) is 1.13. The molecular formula is C18H26N6O3. The fourth-order valence-corrected chi connectivity index (χ4v) is 4.56. The van der Waals surface area contributed by atoms with Crippen LogP contribution in [0.5, 0.6) is 0 Å². The first kappa shape index (κ1) is 17.1. The minimum atomic E-state index is -0.324. The lowest BCUT2D eigenvalue weighted by atomic mass is 9.81. The van der Waals surface area contributed by atoms with Crippen molar-refractivity contribution in [1.82, 2.24) is 29.9 Å². The Kier molecular flexibility index (Phi) is 4.16. The highest BCUT2D eigenvalue weighted by atomic mass is 16.3. The molecule has 1 aromatic heterocycles. The van der Waals surface area contributed by atoms with Gasteiger partial charge in [0.25, 0.3) is 5.91 Å². The summed E-state index contributed by atoms with van der Waals surface area (Å²) in [5, 5.41) is 21.0. The summed E-state index contributed by atoms with van der Waals surface area (Å²) in [6.07, 6.45) is 4.07. The summed E-state index contributed by atoms with van der Waals surface area (Å²) in [6, 6.07) is 0.255. The first-order valence-electron chi connectivity index (χ1n) is 10.0. The Bertz CT molecular complexity index is 754. The van der Waals surface area contributed by atoms with Crippen molar-refractivity contribution in [3.8, 4) is 0 Å². The van der Waals surface area contributed by atoms with Gasteiger partial charge in [0, 0.05) is 44.7 Å². The maximum absolute atomic E-state index is 12.7. The van der Waals surface area contributed by atoms with Gasteiger partial charge >= 0.3 is 0 Å². The molecule has 9 nitrogen and oxygen atoms in total. The van der Waals surface area contributed by atoms with Crippen molar-refractivity contribution in [2.24, 2.45) is 5.92 Å². The molecule has 2 aliphatic carbocycles. The third-order valence-corrected chi connectivity index (χ3v) is 6.60. The van der Waals surface area contributed by atoms with Gasteiger partial charge in [-0.3, -0.25) is 14.5 Å². The third-order valence-electron chi connectivity index (χ3n) is 6.60. The van der Waals surface area contributed by atoms with Gasteiger partial charge in [-0.05, 0) is 32.1 Å². The monoisotopic (exact) mass is 374 g/mol. The average Bonchev–Trinajstić information content (AvgIpc) is 3.05. The molecule has 3 fully saturated rings. The first-order valence-corrected chi connectivity index (χ1v) is 10.0. The van der Waals surface area contributed by atoms with Gasteiger partial charge in [-0.25, -0.2) is 0 Å². The number of fused-ring (bicyclic) bond motifs is 3. The van der Waals surface area contributed by atoms with E-state index in [9.17, 15) is 14.7 Å². The molecule has 4 aliphatic rings. The van der Waals surface area contributed by atoms with Crippen molar-refractivity contribution in [2.45, 2.75) is 56.8 Å². The topological polar surface area (TPSA) is 104 Å². The molecule has 146 valence electrons. The second-order valence-corrected chi connectivity index (χ2v) is 8.29. The van der Waals surface area contributed by atoms with Crippen LogP contribution in [0.15, 0.2) is 0 Å². The van der Waals surface area contributed by atoms with Crippen molar-refractivity contribution in [3.63, 3.8) is 0 Å². The molecule has 27 heavy (non-hydrogen) atoms. The van der Waals surface area contributed by atoms with E-state index in [4.69, 9.17) is 0 Å². The molecule has 0 aromatic carbocycles. The van der Waals surface area contributed by atoms with E-state index in [1.165, 1.54) is 6.42 Å². The maximum atomic E-state index is 12.7. The Labute approximate surface area is 157 Å². The van der Waals surface area contributed by atoms with E-state index in [0.717, 1.165) is 31.8 Å². The van der Waals surface area contributed by atoms with Crippen LogP contribution in [0.4, 0.5) is 0 Å². The molecule has 0 bridgehead atoms. The lowest BCUT2D eigenvalue weighted by Gasteiger charge is -2.45. The number of piperazine rings is 1. The van der Waals surface area contributed by atoms with Gasteiger partial charge in [-0.2, -0.15) is 0 Å². The number of aliphatic hydroxyl groups excluding tert-OH is 1. The van der Waals surface area contributed by atoms with Gasteiger partial charge in [0.05, 0.1) is 12.1 Å². The molecule has 2 amide bonds. The quantitative estimate of drug-likeness (QED) is 0.741. The van der Waals surface area contributed by atoms with Crippen LogP contribution in [0.25, 0.3) is 0 Å². The van der Waals surface area contributed by atoms with Gasteiger partial charge in [-0.1, -0.05) is 0 Å². The molecule has 2 saturated carbocycles. The molecule has 0 radical (unpaired) electrons. The Morgan fingerprint density at radius 1 is 1.07 bits per heavy atom. The summed E-state index contributed by atoms with van der Waals surface area (Å²) >= 11 is 0. The van der Waals surface area contributed by atoms with Crippen LogP contribution in [-0.2, 0) is 11.3 Å². The van der Waals surface area contributed by atoms with Crippen LogP contribution in [0.1, 0.15) is 54.6 Å². The number of nitrogens with zero attached hydrogens (tertiary/aromatic N) is 5. The van der Waals surface area contributed by atoms with Gasteiger partial charge in [0.15, 0.2) is 5.82 Å². The van der Waals surface area contributed by atoms with E-state index in [2.05, 4.69) is 20.4 Å². The zero-order valence-electron chi connectivity index (χ0n) is 15.4. The van der Waals surface area contributed by atoms with Gasteiger partial charge in [-0.15, -0.1) is 10.2 Å². The van der Waals surface area contributed by atoms with Crippen LogP contribution in [-0.4, -0.2) is 79.8 Å². The van der Waals surface area contributed by atoms with Crippen molar-refractivity contribution < 1.29 is 14.7 Å². The normalized spacial score (nSPS) is 30.7. The number of aliphatic hydroxyl groups is 1. The van der Waals surface area contributed by atoms with Gasteiger partial charge in [0.1, 0.15) is 0 Å². The lowest BCUT2D eigenvalue weighted by molar-refractivity contribution is -0.146. The van der Waals surface area contributed by atoms with Crippen LogP contribution in [0, 0.1) is 5.92 Å². The number of rotatable bonds is 3. The molecular weight excluding hydrogens is 348 g/mol. The minimum Gasteiger partial charge on any atom is -0.393 e. The van der Waals surface area contributed by atoms with Crippen molar-refractivity contribution in [1.29, 1.82) is 0 Å². The van der Waals surface area contributed by atoms with Crippen molar-refractivity contribution in [2.75, 3.05) is 26.2 Å². The highest BCUT2D eigenvalue weighted by Gasteiger charge is 2.41. The molecule has 1 saturated heterocycles. The smallest absolute Gasteiger partial charge is 0.289 e. The summed E-state index contributed by atoms with van der Waals surface area (Å²) in [7, 11) is 0. The van der Waals surface area contributed by atoms with E-state index in [1.807, 2.05) is 9.47 Å². The van der Waals surface area contributed by atoms with Crippen LogP contribution in [0.3, 0.4) is 0 Å². The van der Waals surface area contributed by atoms with E-state index in [1.54, 1.807) is 0 Å². The molecule has 9 heteroatoms. The third kappa shape index (κ3) is 2.93. The molecule has 0 spiro atoms. The summed E-state index contributed by atoms with van der Waals surface area (Å²) < 4.78 is 1.93. The largest absolute Gasteiger partial charge is 0.393 e. The fourth-order valence-electron chi connectivity index (χ4n) is 4.56. The van der Waals surface area contributed by atoms with Crippen LogP contribution in [0.2, 0.25) is 0 Å². The number of nitrogens with one attached hydrogen (secondary N) is 1. The zero-order valence-corrected chi connectivity index (χ0v) is 15.4. The van der Waals surface area contributed by atoms with E-state index in [0.29, 0.717) is 38.3 Å². The SMILES string of the molecule is O=C(NC1CCC1)c1nnc2n1CCN1CCN(C(=O)C3CC(O)C3)C[C@@H]21. The molecule has 2 N–H and O–H groups in total. The summed E-state index contributed by atoms with van der Waals surface area (Å²) in [4.78, 5) is 29.4. The van der Waals surface area contributed by atoms with E-state index < -0.39 is 0 Å². The first-order chi connectivity index (χ1) is 13.1. The summed E-state index contributed by atoms with van der Waals surface area (Å²) in [5.41, 5.74) is 0. The predicted molar refractivity (Wildman–Crippen MR) is 94.8 cm³/mol. The van der Waals surface area contributed by atoms with Gasteiger partial charge in [0.2, 0.25) is 11.7 Å². The van der Waals surface area contributed by atoms with Crippen molar-refractivity contribution >= 4 is 11.8 Å². The second kappa shape index (κ2) is 6.56. The van der Waals surface area contributed by atoms with Crippen LogP contribution >= 0.6 is 0 Å². The molecule has 1 aromatic rings. The average molecular weight is 374 g/mol. The summed E-state index contributed by atoms with van der Waals surface area (Å²) in [6.45, 7) is 3.64. The highest BCUT2D eigenvalue weighted by Crippen LogP contribution is 2.33. The number of carbonyl (C=O) groups excluding carboxylic acids is 2. The Balaban J connectivity index is 1.31. The van der Waals surface area contributed by atoms with E-state index in [-0.39, 0.29) is 35.9 Å². The minimum absolute atomic E-state index is 0.0146. The maximum Gasteiger partial charge on any atom is 0.289 e. The number of hydrogen-bond acceptors (Lipinski definition) is 6. The molecule has 1 atom stereocenters. The van der Waals surface area contributed by atoms with Crippen molar-refractivity contribution in [3.05, 3.63) is 11.6 Å². The van der Waals surface area contributed by atoms with Crippen LogP contribution < -0.4 is 5.32 Å².